The van der Waals surface area contributed by atoms with Crippen molar-refractivity contribution in [2.45, 2.75) is 18.4 Å². The molecule has 3 unspecified atom stereocenters. The van der Waals surface area contributed by atoms with E-state index in [1.165, 1.54) is 21.3 Å². The van der Waals surface area contributed by atoms with Crippen molar-refractivity contribution in [1.29, 1.82) is 0 Å². The van der Waals surface area contributed by atoms with E-state index in [0.717, 1.165) is 22.6 Å². The zero-order valence-corrected chi connectivity index (χ0v) is 24.9. The number of nitrogens with one attached hydrogen (secondary N) is 1. The summed E-state index contributed by atoms with van der Waals surface area (Å²) in [4.78, 5) is 35.1. The Balaban J connectivity index is 1.54. The lowest BCUT2D eigenvalue weighted by Crippen LogP contribution is -2.42. The number of carbonyl (C=O) groups excluding carboxylic acids is 2. The minimum absolute atomic E-state index is 0.0140. The fourth-order valence-corrected chi connectivity index (χ4v) is 6.14. The maximum Gasteiger partial charge on any atom is 0.259 e. The number of nitrogens with zero attached hydrogens (tertiary/aromatic N) is 2. The second-order valence-electron chi connectivity index (χ2n) is 10.6. The van der Waals surface area contributed by atoms with Crippen molar-refractivity contribution in [2.75, 3.05) is 38.7 Å². The summed E-state index contributed by atoms with van der Waals surface area (Å²) in [5, 5.41) is 3.55. The number of carbonyl (C=O) groups is 2. The van der Waals surface area contributed by atoms with Gasteiger partial charge in [-0.3, -0.25) is 19.5 Å². The van der Waals surface area contributed by atoms with Crippen LogP contribution in [-0.4, -0.2) is 45.1 Å². The van der Waals surface area contributed by atoms with Gasteiger partial charge in [-0.15, -0.1) is 0 Å². The third kappa shape index (κ3) is 5.10. The fourth-order valence-electron chi connectivity index (χ4n) is 6.14. The Kier molecular flexibility index (Phi) is 7.93. The lowest BCUT2D eigenvalue weighted by Gasteiger charge is -2.37. The molecule has 1 N–H and O–H groups in total. The monoisotopic (exact) mass is 591 g/mol. The van der Waals surface area contributed by atoms with E-state index < -0.39 is 12.0 Å². The topological polar surface area (TPSA) is 99.2 Å². The normalized spacial score (nSPS) is 19.0. The van der Waals surface area contributed by atoms with Crippen molar-refractivity contribution < 1.29 is 28.5 Å². The van der Waals surface area contributed by atoms with Crippen molar-refractivity contribution in [3.63, 3.8) is 0 Å². The Hall–Kier alpha value is -5.31. The fraction of sp³-hybridized carbons (Fsp3) is 0.229. The average molecular weight is 592 g/mol. The molecule has 0 spiro atoms. The molecule has 3 aromatic carbocycles. The molecule has 0 radical (unpaired) electrons. The van der Waals surface area contributed by atoms with E-state index in [4.69, 9.17) is 18.9 Å². The van der Waals surface area contributed by atoms with Gasteiger partial charge in [0.2, 0.25) is 5.75 Å². The third-order valence-corrected chi connectivity index (χ3v) is 8.22. The largest absolute Gasteiger partial charge is 0.497 e. The number of allylic oxidation sites excluding steroid dienone is 1. The molecule has 0 fully saturated rings. The van der Waals surface area contributed by atoms with Crippen LogP contribution in [0.15, 0.2) is 97.0 Å². The summed E-state index contributed by atoms with van der Waals surface area (Å²) >= 11 is 0. The number of benzene rings is 3. The highest BCUT2D eigenvalue weighted by Gasteiger charge is 2.45. The number of Topliss-reactive ketones (excluding diaryl/α,β-unsaturated/α-hetero) is 1. The number of hydrogen-bond donors (Lipinski definition) is 1. The molecule has 9 heteroatoms. The van der Waals surface area contributed by atoms with Gasteiger partial charge in [0.1, 0.15) is 11.5 Å². The van der Waals surface area contributed by atoms with Crippen LogP contribution in [0.2, 0.25) is 0 Å². The number of anilines is 2. The van der Waals surface area contributed by atoms with Crippen LogP contribution in [0.3, 0.4) is 0 Å². The number of ether oxygens (including phenoxy) is 4. The Bertz CT molecular complexity index is 1700. The molecule has 9 nitrogen and oxygen atoms in total. The molecule has 6 rings (SSSR count). The minimum Gasteiger partial charge on any atom is -0.497 e. The molecule has 3 atom stereocenters. The predicted molar refractivity (Wildman–Crippen MR) is 167 cm³/mol. The first-order chi connectivity index (χ1) is 21.5. The molecule has 2 heterocycles. The average Bonchev–Trinajstić information content (AvgIpc) is 3.22. The summed E-state index contributed by atoms with van der Waals surface area (Å²) in [6, 6.07) is 21.6. The van der Waals surface area contributed by atoms with Gasteiger partial charge in [-0.05, 0) is 53.6 Å². The van der Waals surface area contributed by atoms with Crippen LogP contribution in [0.4, 0.5) is 11.4 Å². The smallest absolute Gasteiger partial charge is 0.259 e. The molecule has 0 bridgehead atoms. The number of amides is 1. The molecule has 1 aromatic heterocycles. The molecular weight excluding hydrogens is 558 g/mol. The highest BCUT2D eigenvalue weighted by atomic mass is 16.5. The van der Waals surface area contributed by atoms with Crippen LogP contribution in [0.5, 0.6) is 23.0 Å². The van der Waals surface area contributed by atoms with Crippen LogP contribution in [0, 0.1) is 5.92 Å². The maximum atomic E-state index is 14.7. The zero-order chi connectivity index (χ0) is 30.8. The summed E-state index contributed by atoms with van der Waals surface area (Å²) in [5.74, 6) is 0.695. The summed E-state index contributed by atoms with van der Waals surface area (Å²) < 4.78 is 22.0. The van der Waals surface area contributed by atoms with E-state index in [0.29, 0.717) is 34.2 Å². The van der Waals surface area contributed by atoms with E-state index in [1.807, 2.05) is 60.7 Å². The summed E-state index contributed by atoms with van der Waals surface area (Å²) in [6.07, 6.45) is 5.79. The molecule has 44 heavy (non-hydrogen) atoms. The molecule has 1 amide bonds. The van der Waals surface area contributed by atoms with Gasteiger partial charge in [0.15, 0.2) is 11.5 Å². The zero-order valence-electron chi connectivity index (χ0n) is 24.9. The van der Waals surface area contributed by atoms with E-state index in [-0.39, 0.29) is 24.0 Å². The highest BCUT2D eigenvalue weighted by molar-refractivity contribution is 6.10. The standard InChI is InChI=1S/C35H33N3O6/c1-41-25-13-11-21(12-14-25)23-16-27-32(29(39)17-23)33(22-8-7-15-36-20-22)38(28-10-6-5-9-26(28)37-27)35(40)24-18-30(42-2)34(44-4)31(19-24)43-3/h5-16,18-20,23,32-33,37H,17H2,1-4H3. The van der Waals surface area contributed by atoms with Gasteiger partial charge < -0.3 is 24.3 Å². The quantitative estimate of drug-likeness (QED) is 0.272. The van der Waals surface area contributed by atoms with Crippen LogP contribution >= 0.6 is 0 Å². The van der Waals surface area contributed by atoms with E-state index in [2.05, 4.69) is 16.4 Å². The lowest BCUT2D eigenvalue weighted by atomic mass is 9.76. The minimum atomic E-state index is -0.693. The predicted octanol–water partition coefficient (Wildman–Crippen LogP) is 6.19. The Morgan fingerprint density at radius 1 is 0.864 bits per heavy atom. The number of ketones is 1. The lowest BCUT2D eigenvalue weighted by molar-refractivity contribution is -0.123. The number of fused-ring (bicyclic) bond motifs is 2. The van der Waals surface area contributed by atoms with Crippen LogP contribution in [-0.2, 0) is 4.79 Å². The summed E-state index contributed by atoms with van der Waals surface area (Å²) in [5.41, 5.74) is 4.13. The van der Waals surface area contributed by atoms with Crippen molar-refractivity contribution in [3.05, 3.63) is 114 Å². The molecule has 2 aliphatic rings. The third-order valence-electron chi connectivity index (χ3n) is 8.22. The van der Waals surface area contributed by atoms with Gasteiger partial charge in [0.05, 0.1) is 51.8 Å². The SMILES string of the molecule is COc1ccc(C2C=C3Nc4ccccc4N(C(=O)c4cc(OC)c(OC)c(OC)c4)C(c4cccnc4)C3C(=O)C2)cc1. The molecule has 1 aliphatic heterocycles. The van der Waals surface area contributed by atoms with Crippen LogP contribution in [0.25, 0.3) is 0 Å². The molecule has 4 aromatic rings. The first kappa shape index (κ1) is 28.8. The molecule has 0 saturated carbocycles. The Morgan fingerprint density at radius 2 is 1.59 bits per heavy atom. The Labute approximate surface area is 256 Å². The number of aromatic nitrogens is 1. The van der Waals surface area contributed by atoms with Crippen molar-refractivity contribution in [2.24, 2.45) is 5.92 Å². The summed E-state index contributed by atoms with van der Waals surface area (Å²) in [7, 11) is 6.15. The summed E-state index contributed by atoms with van der Waals surface area (Å²) in [6.45, 7) is 0. The maximum absolute atomic E-state index is 14.7. The van der Waals surface area contributed by atoms with Crippen molar-refractivity contribution >= 4 is 23.1 Å². The van der Waals surface area contributed by atoms with Gasteiger partial charge in [-0.25, -0.2) is 0 Å². The number of pyridine rings is 1. The molecule has 1 aliphatic carbocycles. The van der Waals surface area contributed by atoms with Gasteiger partial charge in [0, 0.05) is 36.0 Å². The number of hydrogen-bond acceptors (Lipinski definition) is 8. The van der Waals surface area contributed by atoms with Crippen molar-refractivity contribution in [1.82, 2.24) is 4.98 Å². The van der Waals surface area contributed by atoms with E-state index >= 15 is 0 Å². The van der Waals surface area contributed by atoms with E-state index in [1.54, 1.807) is 36.5 Å². The number of rotatable bonds is 7. The molecule has 0 saturated heterocycles. The van der Waals surface area contributed by atoms with Gasteiger partial charge >= 0.3 is 0 Å². The second kappa shape index (κ2) is 12.1. The van der Waals surface area contributed by atoms with Gasteiger partial charge in [-0.1, -0.05) is 36.4 Å². The number of para-hydroxylation sites is 2. The first-order valence-electron chi connectivity index (χ1n) is 14.2. The Morgan fingerprint density at radius 3 is 2.23 bits per heavy atom. The molecular formula is C35H33N3O6. The van der Waals surface area contributed by atoms with Crippen LogP contribution < -0.4 is 29.2 Å². The molecule has 224 valence electrons. The number of methoxy groups -OCH3 is 4. The first-order valence-corrected chi connectivity index (χ1v) is 14.2. The van der Waals surface area contributed by atoms with Crippen molar-refractivity contribution in [3.8, 4) is 23.0 Å². The van der Waals surface area contributed by atoms with Gasteiger partial charge in [-0.2, -0.15) is 0 Å². The van der Waals surface area contributed by atoms with E-state index in [9.17, 15) is 9.59 Å². The highest BCUT2D eigenvalue weighted by Crippen LogP contribution is 2.49. The van der Waals surface area contributed by atoms with Crippen LogP contribution in [0.1, 0.15) is 39.9 Å². The second-order valence-corrected chi connectivity index (χ2v) is 10.6. The van der Waals surface area contributed by atoms with Gasteiger partial charge in [0.25, 0.3) is 5.91 Å².